The number of benzene rings is 1. The smallest absolute Gasteiger partial charge is 0.147 e. The van der Waals surface area contributed by atoms with E-state index < -0.39 is 0 Å². The minimum Gasteiger partial charge on any atom is -0.355 e. The van der Waals surface area contributed by atoms with Gasteiger partial charge in [-0.25, -0.2) is 4.98 Å². The Labute approximate surface area is 174 Å². The number of halogens is 2. The molecule has 0 radical (unpaired) electrons. The van der Waals surface area contributed by atoms with Gasteiger partial charge in [-0.2, -0.15) is 0 Å². The Kier molecular flexibility index (Phi) is 5.58. The van der Waals surface area contributed by atoms with Gasteiger partial charge in [0.25, 0.3) is 0 Å². The maximum Gasteiger partial charge on any atom is 0.147 e. The summed E-state index contributed by atoms with van der Waals surface area (Å²) in [5.74, 6) is 2.03. The summed E-state index contributed by atoms with van der Waals surface area (Å²) in [6.45, 7) is 4.39. The Balaban J connectivity index is 1.88. The average Bonchev–Trinajstić information content (AvgIpc) is 3.38. The number of fused-ring (bicyclic) bond motifs is 1. The lowest BCUT2D eigenvalue weighted by Gasteiger charge is -2.24. The van der Waals surface area contributed by atoms with E-state index in [4.69, 9.17) is 28.2 Å². The molecule has 1 fully saturated rings. The Morgan fingerprint density at radius 1 is 1.22 bits per heavy atom. The fraction of sp³-hybridized carbons (Fsp3) is 0.381. The second kappa shape index (κ2) is 7.94. The lowest BCUT2D eigenvalue weighted by molar-refractivity contribution is 0.690. The van der Waals surface area contributed by atoms with Crippen molar-refractivity contribution in [2.24, 2.45) is 5.92 Å². The first-order chi connectivity index (χ1) is 13.1. The third-order valence-electron chi connectivity index (χ3n) is 4.98. The van der Waals surface area contributed by atoms with Gasteiger partial charge in [0, 0.05) is 35.4 Å². The molecule has 6 heteroatoms. The first-order valence-electron chi connectivity index (χ1n) is 9.37. The topological polar surface area (TPSA) is 20.5 Å². The van der Waals surface area contributed by atoms with Crippen LogP contribution in [-0.4, -0.2) is 28.7 Å². The van der Waals surface area contributed by atoms with Gasteiger partial charge in [0.1, 0.15) is 16.5 Å². The Morgan fingerprint density at radius 3 is 2.70 bits per heavy atom. The monoisotopic (exact) mass is 419 g/mol. The Hall–Kier alpha value is -1.36. The van der Waals surface area contributed by atoms with E-state index in [2.05, 4.69) is 40.8 Å². The van der Waals surface area contributed by atoms with Crippen LogP contribution in [0.1, 0.15) is 26.2 Å². The molecule has 2 aromatic heterocycles. The molecule has 0 spiro atoms. The molecule has 0 saturated heterocycles. The van der Waals surface area contributed by atoms with E-state index >= 15 is 0 Å². The molecule has 2 heterocycles. The maximum absolute atomic E-state index is 6.50. The SMILES string of the molecule is CCCN(CC1CC1)c1c(SC)nc2c(-c3ccc(Cl)cc3Cl)cccn12. The van der Waals surface area contributed by atoms with E-state index in [1.54, 1.807) is 17.8 Å². The van der Waals surface area contributed by atoms with E-state index in [9.17, 15) is 0 Å². The van der Waals surface area contributed by atoms with Crippen LogP contribution in [0, 0.1) is 5.92 Å². The van der Waals surface area contributed by atoms with Gasteiger partial charge in [0.05, 0.1) is 5.02 Å². The molecule has 1 saturated carbocycles. The Morgan fingerprint density at radius 2 is 2.04 bits per heavy atom. The van der Waals surface area contributed by atoms with E-state index in [0.29, 0.717) is 10.0 Å². The second-order valence-corrected chi connectivity index (χ2v) is 8.71. The molecule has 1 aliphatic carbocycles. The first kappa shape index (κ1) is 19.0. The van der Waals surface area contributed by atoms with Gasteiger partial charge >= 0.3 is 0 Å². The molecule has 4 rings (SSSR count). The van der Waals surface area contributed by atoms with Crippen LogP contribution >= 0.6 is 35.0 Å². The molecule has 0 bridgehead atoms. The molecule has 0 aliphatic heterocycles. The number of anilines is 1. The third kappa shape index (κ3) is 3.80. The summed E-state index contributed by atoms with van der Waals surface area (Å²) in [6.07, 6.45) is 8.02. The van der Waals surface area contributed by atoms with Crippen molar-refractivity contribution in [1.82, 2.24) is 9.38 Å². The molecular weight excluding hydrogens is 397 g/mol. The predicted octanol–water partition coefficient (Wildman–Crippen LogP) is 6.66. The molecule has 0 unspecified atom stereocenters. The van der Waals surface area contributed by atoms with Crippen LogP contribution in [0.3, 0.4) is 0 Å². The fourth-order valence-electron chi connectivity index (χ4n) is 3.54. The molecule has 3 nitrogen and oxygen atoms in total. The molecule has 27 heavy (non-hydrogen) atoms. The predicted molar refractivity (Wildman–Crippen MR) is 118 cm³/mol. The summed E-state index contributed by atoms with van der Waals surface area (Å²) in [7, 11) is 0. The lowest BCUT2D eigenvalue weighted by atomic mass is 10.1. The number of pyridine rings is 1. The zero-order chi connectivity index (χ0) is 19.0. The highest BCUT2D eigenvalue weighted by Gasteiger charge is 2.27. The van der Waals surface area contributed by atoms with Gasteiger partial charge in [-0.05, 0) is 55.7 Å². The van der Waals surface area contributed by atoms with E-state index in [0.717, 1.165) is 47.2 Å². The van der Waals surface area contributed by atoms with Crippen molar-refractivity contribution >= 4 is 46.4 Å². The zero-order valence-corrected chi connectivity index (χ0v) is 17.9. The molecule has 1 aromatic carbocycles. The van der Waals surface area contributed by atoms with E-state index in [-0.39, 0.29) is 0 Å². The zero-order valence-electron chi connectivity index (χ0n) is 15.6. The highest BCUT2D eigenvalue weighted by atomic mass is 35.5. The van der Waals surface area contributed by atoms with Gasteiger partial charge in [-0.1, -0.05) is 36.2 Å². The highest BCUT2D eigenvalue weighted by molar-refractivity contribution is 7.98. The van der Waals surface area contributed by atoms with Crippen molar-refractivity contribution in [2.75, 3.05) is 24.2 Å². The minimum atomic E-state index is 0.642. The Bertz CT molecular complexity index is 965. The first-order valence-corrected chi connectivity index (χ1v) is 11.4. The van der Waals surface area contributed by atoms with Crippen LogP contribution in [-0.2, 0) is 0 Å². The van der Waals surface area contributed by atoms with Crippen LogP contribution < -0.4 is 4.90 Å². The van der Waals surface area contributed by atoms with Crippen molar-refractivity contribution in [3.05, 3.63) is 46.6 Å². The van der Waals surface area contributed by atoms with Gasteiger partial charge in [-0.3, -0.25) is 4.40 Å². The summed E-state index contributed by atoms with van der Waals surface area (Å²) in [6, 6.07) is 9.79. The number of hydrogen-bond acceptors (Lipinski definition) is 3. The quantitative estimate of drug-likeness (QED) is 0.399. The van der Waals surface area contributed by atoms with Crippen LogP contribution in [0.4, 0.5) is 5.82 Å². The van der Waals surface area contributed by atoms with Crippen LogP contribution in [0.2, 0.25) is 10.0 Å². The van der Waals surface area contributed by atoms with Gasteiger partial charge in [-0.15, -0.1) is 11.8 Å². The summed E-state index contributed by atoms with van der Waals surface area (Å²) in [5.41, 5.74) is 2.93. The second-order valence-electron chi connectivity index (χ2n) is 7.07. The minimum absolute atomic E-state index is 0.642. The molecule has 142 valence electrons. The molecular formula is C21H23Cl2N3S. The van der Waals surface area contributed by atoms with E-state index in [1.807, 2.05) is 12.1 Å². The summed E-state index contributed by atoms with van der Waals surface area (Å²) in [4.78, 5) is 7.51. The molecule has 0 N–H and O–H groups in total. The number of aromatic nitrogens is 2. The van der Waals surface area contributed by atoms with E-state index in [1.165, 1.54) is 18.7 Å². The highest BCUT2D eigenvalue weighted by Crippen LogP contribution is 2.39. The number of hydrogen-bond donors (Lipinski definition) is 0. The van der Waals surface area contributed by atoms with Crippen molar-refractivity contribution in [2.45, 2.75) is 31.2 Å². The third-order valence-corrected chi connectivity index (χ3v) is 6.19. The number of thioether (sulfide) groups is 1. The average molecular weight is 420 g/mol. The molecule has 0 atom stereocenters. The molecule has 3 aromatic rings. The molecule has 1 aliphatic rings. The summed E-state index contributed by atoms with van der Waals surface area (Å²) < 4.78 is 2.23. The summed E-state index contributed by atoms with van der Waals surface area (Å²) >= 11 is 14.3. The maximum atomic E-state index is 6.50. The number of nitrogens with zero attached hydrogens (tertiary/aromatic N) is 3. The van der Waals surface area contributed by atoms with Crippen molar-refractivity contribution in [3.8, 4) is 11.1 Å². The van der Waals surface area contributed by atoms with Crippen molar-refractivity contribution in [1.29, 1.82) is 0 Å². The summed E-state index contributed by atoms with van der Waals surface area (Å²) in [5, 5.41) is 2.36. The van der Waals surface area contributed by atoms with Crippen LogP contribution in [0.25, 0.3) is 16.8 Å². The van der Waals surface area contributed by atoms with Crippen LogP contribution in [0.15, 0.2) is 41.6 Å². The standard InChI is InChI=1S/C21H23Cl2N3S/c1-3-10-25(13-14-6-7-14)21-20(27-2)24-19-17(5-4-11-26(19)21)16-9-8-15(22)12-18(16)23/h4-5,8-9,11-12,14H,3,6-7,10,13H2,1-2H3. The lowest BCUT2D eigenvalue weighted by Crippen LogP contribution is -2.28. The van der Waals surface area contributed by atoms with Gasteiger partial charge in [0.2, 0.25) is 0 Å². The number of imidazole rings is 1. The number of rotatable bonds is 7. The van der Waals surface area contributed by atoms with Crippen molar-refractivity contribution < 1.29 is 0 Å². The van der Waals surface area contributed by atoms with Gasteiger partial charge < -0.3 is 4.90 Å². The van der Waals surface area contributed by atoms with Crippen LogP contribution in [0.5, 0.6) is 0 Å². The van der Waals surface area contributed by atoms with Crippen molar-refractivity contribution in [3.63, 3.8) is 0 Å². The largest absolute Gasteiger partial charge is 0.355 e. The van der Waals surface area contributed by atoms with Gasteiger partial charge in [0.15, 0.2) is 0 Å². The fourth-order valence-corrected chi connectivity index (χ4v) is 4.64. The molecule has 0 amide bonds. The normalized spacial score (nSPS) is 14.1.